The van der Waals surface area contributed by atoms with Crippen LogP contribution in [-0.4, -0.2) is 15.8 Å². The number of hydrogen-bond acceptors (Lipinski definition) is 2. The van der Waals surface area contributed by atoms with Gasteiger partial charge in [-0.15, -0.1) is 0 Å². The molecule has 2 rings (SSSR count). The van der Waals surface area contributed by atoms with Gasteiger partial charge >= 0.3 is 0 Å². The SMILES string of the molecule is Cn1cc(CC(N)Cc2ccc(Cl)c(Cl)c2)cn1. The lowest BCUT2D eigenvalue weighted by Crippen LogP contribution is -2.25. The number of nitrogens with two attached hydrogens (primary N) is 1. The Balaban J connectivity index is 1.98. The molecule has 0 aliphatic heterocycles. The number of aryl methyl sites for hydroxylation is 1. The third-order valence-electron chi connectivity index (χ3n) is 2.74. The van der Waals surface area contributed by atoms with Gasteiger partial charge < -0.3 is 5.73 Å². The summed E-state index contributed by atoms with van der Waals surface area (Å²) in [6, 6.07) is 5.67. The third kappa shape index (κ3) is 3.48. The normalized spacial score (nSPS) is 12.7. The second-order valence-electron chi connectivity index (χ2n) is 4.44. The zero-order valence-corrected chi connectivity index (χ0v) is 11.6. The molecular formula is C13H15Cl2N3. The minimum Gasteiger partial charge on any atom is -0.327 e. The molecule has 18 heavy (non-hydrogen) atoms. The molecule has 1 aromatic heterocycles. The van der Waals surface area contributed by atoms with E-state index in [9.17, 15) is 0 Å². The van der Waals surface area contributed by atoms with E-state index in [-0.39, 0.29) is 6.04 Å². The van der Waals surface area contributed by atoms with Gasteiger partial charge in [0.25, 0.3) is 0 Å². The van der Waals surface area contributed by atoms with Crippen LogP contribution in [0.25, 0.3) is 0 Å². The maximum atomic E-state index is 6.12. The van der Waals surface area contributed by atoms with Crippen molar-refractivity contribution in [1.82, 2.24) is 9.78 Å². The summed E-state index contributed by atoms with van der Waals surface area (Å²) in [4.78, 5) is 0. The number of rotatable bonds is 4. The van der Waals surface area contributed by atoms with Gasteiger partial charge in [-0.1, -0.05) is 29.3 Å². The zero-order chi connectivity index (χ0) is 13.1. The summed E-state index contributed by atoms with van der Waals surface area (Å²) in [5, 5.41) is 5.27. The number of halogens is 2. The van der Waals surface area contributed by atoms with E-state index < -0.39 is 0 Å². The van der Waals surface area contributed by atoms with E-state index in [4.69, 9.17) is 28.9 Å². The van der Waals surface area contributed by atoms with Gasteiger partial charge in [-0.25, -0.2) is 0 Å². The molecule has 2 aromatic rings. The summed E-state index contributed by atoms with van der Waals surface area (Å²) in [7, 11) is 1.90. The molecule has 0 fully saturated rings. The first-order chi connectivity index (χ1) is 8.54. The average molecular weight is 284 g/mol. The van der Waals surface area contributed by atoms with E-state index in [1.165, 1.54) is 0 Å². The fraction of sp³-hybridized carbons (Fsp3) is 0.308. The van der Waals surface area contributed by atoms with Crippen molar-refractivity contribution in [3.63, 3.8) is 0 Å². The van der Waals surface area contributed by atoms with Crippen LogP contribution >= 0.6 is 23.2 Å². The van der Waals surface area contributed by atoms with Crippen LogP contribution in [0.4, 0.5) is 0 Å². The predicted octanol–water partition coefficient (Wildman–Crippen LogP) is 2.84. The Morgan fingerprint density at radius 1 is 1.22 bits per heavy atom. The fourth-order valence-corrected chi connectivity index (χ4v) is 2.24. The van der Waals surface area contributed by atoms with Gasteiger partial charge in [0.05, 0.1) is 16.2 Å². The van der Waals surface area contributed by atoms with Crippen molar-refractivity contribution in [3.05, 3.63) is 51.8 Å². The second-order valence-corrected chi connectivity index (χ2v) is 5.25. The van der Waals surface area contributed by atoms with Crippen LogP contribution in [0.1, 0.15) is 11.1 Å². The molecule has 0 saturated carbocycles. The maximum absolute atomic E-state index is 6.12. The van der Waals surface area contributed by atoms with Crippen LogP contribution < -0.4 is 5.73 Å². The predicted molar refractivity (Wildman–Crippen MR) is 75.1 cm³/mol. The lowest BCUT2D eigenvalue weighted by molar-refractivity contribution is 0.664. The molecule has 0 aliphatic carbocycles. The van der Waals surface area contributed by atoms with Crippen LogP contribution in [0.5, 0.6) is 0 Å². The molecular weight excluding hydrogens is 269 g/mol. The minimum absolute atomic E-state index is 0.0476. The minimum atomic E-state index is 0.0476. The molecule has 1 unspecified atom stereocenters. The first-order valence-electron chi connectivity index (χ1n) is 5.71. The topological polar surface area (TPSA) is 43.8 Å². The van der Waals surface area contributed by atoms with Crippen molar-refractivity contribution < 1.29 is 0 Å². The average Bonchev–Trinajstić information content (AvgIpc) is 2.69. The highest BCUT2D eigenvalue weighted by atomic mass is 35.5. The number of benzene rings is 1. The Hall–Kier alpha value is -1.03. The molecule has 1 heterocycles. The van der Waals surface area contributed by atoms with Gasteiger partial charge in [0, 0.05) is 19.3 Å². The van der Waals surface area contributed by atoms with Crippen LogP contribution in [0.2, 0.25) is 10.0 Å². The summed E-state index contributed by atoms with van der Waals surface area (Å²) in [5.74, 6) is 0. The smallest absolute Gasteiger partial charge is 0.0595 e. The van der Waals surface area contributed by atoms with E-state index >= 15 is 0 Å². The van der Waals surface area contributed by atoms with Gasteiger partial charge in [0.15, 0.2) is 0 Å². The molecule has 0 amide bonds. The van der Waals surface area contributed by atoms with Crippen molar-refractivity contribution in [2.45, 2.75) is 18.9 Å². The molecule has 0 saturated heterocycles. The van der Waals surface area contributed by atoms with Gasteiger partial charge in [0.1, 0.15) is 0 Å². The van der Waals surface area contributed by atoms with Crippen molar-refractivity contribution in [2.75, 3.05) is 0 Å². The fourth-order valence-electron chi connectivity index (χ4n) is 1.92. The molecule has 0 bridgehead atoms. The van der Waals surface area contributed by atoms with Crippen LogP contribution in [0, 0.1) is 0 Å². The highest BCUT2D eigenvalue weighted by molar-refractivity contribution is 6.42. The number of hydrogen-bond donors (Lipinski definition) is 1. The Labute approximate surface area is 117 Å². The van der Waals surface area contributed by atoms with Crippen molar-refractivity contribution in [3.8, 4) is 0 Å². The van der Waals surface area contributed by atoms with E-state index in [0.717, 1.165) is 24.0 Å². The van der Waals surface area contributed by atoms with E-state index in [0.29, 0.717) is 10.0 Å². The molecule has 3 nitrogen and oxygen atoms in total. The summed E-state index contributed by atoms with van der Waals surface area (Å²) < 4.78 is 1.78. The lowest BCUT2D eigenvalue weighted by atomic mass is 10.0. The third-order valence-corrected chi connectivity index (χ3v) is 3.48. The van der Waals surface area contributed by atoms with Gasteiger partial charge in [-0.3, -0.25) is 4.68 Å². The lowest BCUT2D eigenvalue weighted by Gasteiger charge is -2.11. The molecule has 96 valence electrons. The second kappa shape index (κ2) is 5.74. The maximum Gasteiger partial charge on any atom is 0.0595 e. The highest BCUT2D eigenvalue weighted by Crippen LogP contribution is 2.23. The summed E-state index contributed by atoms with van der Waals surface area (Å²) in [6.45, 7) is 0. The molecule has 0 spiro atoms. The Morgan fingerprint density at radius 3 is 2.56 bits per heavy atom. The molecule has 5 heteroatoms. The van der Waals surface area contributed by atoms with Gasteiger partial charge in [0.2, 0.25) is 0 Å². The van der Waals surface area contributed by atoms with Crippen LogP contribution in [-0.2, 0) is 19.9 Å². The molecule has 1 aromatic carbocycles. The Morgan fingerprint density at radius 2 is 1.94 bits per heavy atom. The van der Waals surface area contributed by atoms with E-state index in [1.807, 2.05) is 31.6 Å². The Kier molecular flexibility index (Phi) is 4.27. The van der Waals surface area contributed by atoms with Crippen molar-refractivity contribution in [1.29, 1.82) is 0 Å². The zero-order valence-electron chi connectivity index (χ0n) is 10.1. The first kappa shape index (κ1) is 13.4. The molecule has 0 radical (unpaired) electrons. The van der Waals surface area contributed by atoms with E-state index in [2.05, 4.69) is 5.10 Å². The number of nitrogens with zero attached hydrogens (tertiary/aromatic N) is 2. The monoisotopic (exact) mass is 283 g/mol. The molecule has 2 N–H and O–H groups in total. The number of aromatic nitrogens is 2. The molecule has 1 atom stereocenters. The van der Waals surface area contributed by atoms with Gasteiger partial charge in [-0.05, 0) is 36.1 Å². The highest BCUT2D eigenvalue weighted by Gasteiger charge is 2.08. The first-order valence-corrected chi connectivity index (χ1v) is 6.47. The quantitative estimate of drug-likeness (QED) is 0.938. The van der Waals surface area contributed by atoms with Crippen LogP contribution in [0.3, 0.4) is 0 Å². The van der Waals surface area contributed by atoms with Crippen molar-refractivity contribution in [2.24, 2.45) is 12.8 Å². The van der Waals surface area contributed by atoms with Crippen LogP contribution in [0.15, 0.2) is 30.6 Å². The van der Waals surface area contributed by atoms with Crippen molar-refractivity contribution >= 4 is 23.2 Å². The van der Waals surface area contributed by atoms with Gasteiger partial charge in [-0.2, -0.15) is 5.10 Å². The summed E-state index contributed by atoms with van der Waals surface area (Å²) in [6.07, 6.45) is 5.39. The standard InChI is InChI=1S/C13H15Cl2N3/c1-18-8-10(7-17-18)5-11(16)4-9-2-3-12(14)13(15)6-9/h2-3,6-8,11H,4-5,16H2,1H3. The summed E-state index contributed by atoms with van der Waals surface area (Å²) in [5.41, 5.74) is 8.36. The molecule has 0 aliphatic rings. The Bertz CT molecular complexity index is 537. The van der Waals surface area contributed by atoms with E-state index in [1.54, 1.807) is 10.7 Å². The summed E-state index contributed by atoms with van der Waals surface area (Å²) >= 11 is 11.9. The largest absolute Gasteiger partial charge is 0.327 e.